The lowest BCUT2D eigenvalue weighted by Crippen LogP contribution is -2.20. The van der Waals surface area contributed by atoms with Crippen molar-refractivity contribution < 1.29 is 0 Å². The molecule has 0 aliphatic carbocycles. The molecule has 0 amide bonds. The number of nitrogens with zero attached hydrogens (tertiary/aromatic N) is 1. The van der Waals surface area contributed by atoms with E-state index in [1.165, 1.54) is 0 Å². The van der Waals surface area contributed by atoms with Crippen LogP contribution in [-0.2, 0) is 0 Å². The molecule has 2 heteroatoms. The van der Waals surface area contributed by atoms with Gasteiger partial charge in [-0.15, -0.1) is 0 Å². The van der Waals surface area contributed by atoms with Gasteiger partial charge in [0.1, 0.15) is 0 Å². The van der Waals surface area contributed by atoms with Crippen LogP contribution in [0.4, 0.5) is 0 Å². The van der Waals surface area contributed by atoms with Gasteiger partial charge in [0, 0.05) is 18.8 Å². The number of nitrogens with one attached hydrogen (secondary N) is 1. The maximum atomic E-state index is 4.26. The molecule has 0 fully saturated rings. The van der Waals surface area contributed by atoms with Gasteiger partial charge >= 0.3 is 0 Å². The van der Waals surface area contributed by atoms with Crippen LogP contribution in [0, 0.1) is 0 Å². The predicted octanol–water partition coefficient (Wildman–Crippen LogP) is 2.31. The Kier molecular flexibility index (Phi) is 3.65. The first-order valence-electron chi connectivity index (χ1n) is 4.49. The Balaban J connectivity index is 2.49. The van der Waals surface area contributed by atoms with E-state index in [-0.39, 0.29) is 6.04 Å². The van der Waals surface area contributed by atoms with Crippen LogP contribution in [0.3, 0.4) is 0 Å². The Hall–Kier alpha value is -1.15. The van der Waals surface area contributed by atoms with Crippen molar-refractivity contribution in [2.75, 3.05) is 6.54 Å². The molecule has 2 nitrogen and oxygen atoms in total. The zero-order valence-electron chi connectivity index (χ0n) is 8.25. The Morgan fingerprint density at radius 1 is 1.62 bits per heavy atom. The molecule has 1 rings (SSSR count). The van der Waals surface area contributed by atoms with Gasteiger partial charge in [0.25, 0.3) is 0 Å². The largest absolute Gasteiger partial charge is 0.305 e. The summed E-state index contributed by atoms with van der Waals surface area (Å²) in [5, 5.41) is 3.34. The van der Waals surface area contributed by atoms with E-state index in [4.69, 9.17) is 0 Å². The van der Waals surface area contributed by atoms with Crippen LogP contribution in [-0.4, -0.2) is 11.5 Å². The summed E-state index contributed by atoms with van der Waals surface area (Å²) in [5.74, 6) is 0. The minimum absolute atomic E-state index is 0.290. The summed E-state index contributed by atoms with van der Waals surface area (Å²) in [7, 11) is 0. The van der Waals surface area contributed by atoms with Gasteiger partial charge in [0.2, 0.25) is 0 Å². The highest BCUT2D eigenvalue weighted by molar-refractivity contribution is 5.08. The normalized spacial score (nSPS) is 12.5. The van der Waals surface area contributed by atoms with E-state index in [9.17, 15) is 0 Å². The highest BCUT2D eigenvalue weighted by atomic mass is 14.9. The lowest BCUT2D eigenvalue weighted by atomic mass is 10.2. The SMILES string of the molecule is C=C(C)CN[C@@H](C)c1ccccn1. The molecule has 0 aliphatic heterocycles. The molecule has 0 bridgehead atoms. The van der Waals surface area contributed by atoms with Crippen molar-refractivity contribution in [3.63, 3.8) is 0 Å². The predicted molar refractivity (Wildman–Crippen MR) is 55.5 cm³/mol. The van der Waals surface area contributed by atoms with E-state index < -0.39 is 0 Å². The standard InChI is InChI=1S/C11H16N2/c1-9(2)8-13-10(3)11-6-4-5-7-12-11/h4-7,10,13H,1,8H2,2-3H3/t10-/m0/s1. The second kappa shape index (κ2) is 4.77. The zero-order chi connectivity index (χ0) is 9.68. The minimum atomic E-state index is 0.290. The van der Waals surface area contributed by atoms with Gasteiger partial charge in [-0.2, -0.15) is 0 Å². The second-order valence-electron chi connectivity index (χ2n) is 3.31. The van der Waals surface area contributed by atoms with Crippen LogP contribution in [0.1, 0.15) is 25.6 Å². The zero-order valence-corrected chi connectivity index (χ0v) is 8.25. The third-order valence-electron chi connectivity index (χ3n) is 1.84. The minimum Gasteiger partial charge on any atom is -0.305 e. The molecule has 1 atom stereocenters. The molecule has 1 N–H and O–H groups in total. The third kappa shape index (κ3) is 3.38. The second-order valence-corrected chi connectivity index (χ2v) is 3.31. The van der Waals surface area contributed by atoms with Crippen LogP contribution in [0.5, 0.6) is 0 Å². The fourth-order valence-electron chi connectivity index (χ4n) is 1.06. The van der Waals surface area contributed by atoms with Crippen molar-refractivity contribution >= 4 is 0 Å². The molecule has 1 aromatic rings. The molecule has 0 spiro atoms. The molecule has 0 radical (unpaired) electrons. The van der Waals surface area contributed by atoms with E-state index in [1.54, 1.807) is 0 Å². The van der Waals surface area contributed by atoms with Crippen molar-refractivity contribution in [2.45, 2.75) is 19.9 Å². The Labute approximate surface area is 79.7 Å². The summed E-state index contributed by atoms with van der Waals surface area (Å²) in [6.45, 7) is 8.80. The van der Waals surface area contributed by atoms with Crippen LogP contribution in [0.15, 0.2) is 36.5 Å². The van der Waals surface area contributed by atoms with Gasteiger partial charge in [-0.25, -0.2) is 0 Å². The number of pyridine rings is 1. The molecule has 1 heterocycles. The molecule has 0 saturated heterocycles. The van der Waals surface area contributed by atoms with Gasteiger partial charge in [-0.05, 0) is 26.0 Å². The highest BCUT2D eigenvalue weighted by Gasteiger charge is 2.03. The molecule has 13 heavy (non-hydrogen) atoms. The monoisotopic (exact) mass is 176 g/mol. The third-order valence-corrected chi connectivity index (χ3v) is 1.84. The van der Waals surface area contributed by atoms with Gasteiger partial charge in [-0.3, -0.25) is 4.98 Å². The Morgan fingerprint density at radius 2 is 2.38 bits per heavy atom. The summed E-state index contributed by atoms with van der Waals surface area (Å²) in [5.41, 5.74) is 2.21. The fraction of sp³-hybridized carbons (Fsp3) is 0.364. The molecule has 70 valence electrons. The van der Waals surface area contributed by atoms with Gasteiger partial charge in [0.15, 0.2) is 0 Å². The molecule has 1 aromatic heterocycles. The molecule has 0 aliphatic rings. The first-order valence-corrected chi connectivity index (χ1v) is 4.49. The number of hydrogen-bond donors (Lipinski definition) is 1. The van der Waals surface area contributed by atoms with Crippen LogP contribution in [0.25, 0.3) is 0 Å². The molecule has 0 unspecified atom stereocenters. The maximum Gasteiger partial charge on any atom is 0.0570 e. The summed E-state index contributed by atoms with van der Waals surface area (Å²) < 4.78 is 0. The molecule has 0 aromatic carbocycles. The summed E-state index contributed by atoms with van der Waals surface area (Å²) in [6.07, 6.45) is 1.81. The van der Waals surface area contributed by atoms with Crippen molar-refractivity contribution in [1.82, 2.24) is 10.3 Å². The summed E-state index contributed by atoms with van der Waals surface area (Å²) in [6, 6.07) is 6.24. The highest BCUT2D eigenvalue weighted by Crippen LogP contribution is 2.07. The van der Waals surface area contributed by atoms with E-state index in [0.29, 0.717) is 0 Å². The quantitative estimate of drug-likeness (QED) is 0.712. The molecule has 0 saturated carbocycles. The lowest BCUT2D eigenvalue weighted by molar-refractivity contribution is 0.592. The Morgan fingerprint density at radius 3 is 2.92 bits per heavy atom. The topological polar surface area (TPSA) is 24.9 Å². The van der Waals surface area contributed by atoms with E-state index >= 15 is 0 Å². The summed E-state index contributed by atoms with van der Waals surface area (Å²) in [4.78, 5) is 4.26. The Bertz CT molecular complexity index is 267. The van der Waals surface area contributed by atoms with Crippen molar-refractivity contribution in [2.24, 2.45) is 0 Å². The van der Waals surface area contributed by atoms with Crippen molar-refractivity contribution in [3.05, 3.63) is 42.2 Å². The lowest BCUT2D eigenvalue weighted by Gasteiger charge is -2.12. The summed E-state index contributed by atoms with van der Waals surface area (Å²) >= 11 is 0. The molecular formula is C11H16N2. The number of aromatic nitrogens is 1. The van der Waals surface area contributed by atoms with E-state index in [2.05, 4.69) is 23.8 Å². The van der Waals surface area contributed by atoms with Gasteiger partial charge in [0.05, 0.1) is 5.69 Å². The van der Waals surface area contributed by atoms with Crippen molar-refractivity contribution in [1.29, 1.82) is 0 Å². The van der Waals surface area contributed by atoms with E-state index in [0.717, 1.165) is 17.8 Å². The van der Waals surface area contributed by atoms with Crippen LogP contribution in [0.2, 0.25) is 0 Å². The maximum absolute atomic E-state index is 4.26. The van der Waals surface area contributed by atoms with Crippen molar-refractivity contribution in [3.8, 4) is 0 Å². The van der Waals surface area contributed by atoms with Gasteiger partial charge in [-0.1, -0.05) is 18.2 Å². The average molecular weight is 176 g/mol. The fourth-order valence-corrected chi connectivity index (χ4v) is 1.06. The van der Waals surface area contributed by atoms with Gasteiger partial charge < -0.3 is 5.32 Å². The number of hydrogen-bond acceptors (Lipinski definition) is 2. The number of rotatable bonds is 4. The first kappa shape index (κ1) is 9.93. The van der Waals surface area contributed by atoms with E-state index in [1.807, 2.05) is 31.3 Å². The first-order chi connectivity index (χ1) is 6.20. The average Bonchev–Trinajstić information content (AvgIpc) is 2.15. The van der Waals surface area contributed by atoms with Crippen LogP contribution < -0.4 is 5.32 Å². The van der Waals surface area contributed by atoms with Crippen LogP contribution >= 0.6 is 0 Å². The smallest absolute Gasteiger partial charge is 0.0570 e. The molecular weight excluding hydrogens is 160 g/mol.